The highest BCUT2D eigenvalue weighted by atomic mass is 35.5. The maximum absolute atomic E-state index is 11.8. The number of aromatic nitrogens is 2. The zero-order valence-corrected chi connectivity index (χ0v) is 22.9. The van der Waals surface area contributed by atoms with Crippen molar-refractivity contribution in [2.45, 2.75) is 79.4 Å². The third-order valence-corrected chi connectivity index (χ3v) is 7.31. The normalized spacial score (nSPS) is 13.4. The van der Waals surface area contributed by atoms with Crippen molar-refractivity contribution in [3.63, 3.8) is 0 Å². The molecule has 0 radical (unpaired) electrons. The van der Waals surface area contributed by atoms with E-state index >= 15 is 0 Å². The molecule has 1 amide bonds. The summed E-state index contributed by atoms with van der Waals surface area (Å²) in [4.78, 5) is 19.1. The zero-order valence-electron chi connectivity index (χ0n) is 22.1. The Hall–Kier alpha value is -2.63. The summed E-state index contributed by atoms with van der Waals surface area (Å²) < 4.78 is 2.35. The van der Waals surface area contributed by atoms with Crippen LogP contribution in [0.15, 0.2) is 42.5 Å². The standard InChI is InChI=1S/C30H39ClN4O/c1-5-6-16-35-27(29(31)33-30(35)25-10-8-7-9-22(25)4)20-34(17-15-21(2)3)19-23-11-13-26-24(18-23)12-14-28(36)32-26/h7-11,13,18,21H,5-6,12,14-17,19-20H2,1-4H3,(H,32,36). The van der Waals surface area contributed by atoms with Crippen molar-refractivity contribution >= 4 is 23.2 Å². The Bertz CT molecular complexity index is 1200. The van der Waals surface area contributed by atoms with E-state index in [1.54, 1.807) is 0 Å². The van der Waals surface area contributed by atoms with Crippen molar-refractivity contribution in [1.82, 2.24) is 14.5 Å². The number of aryl methyl sites for hydroxylation is 2. The summed E-state index contributed by atoms with van der Waals surface area (Å²) in [6.45, 7) is 12.4. The average molecular weight is 507 g/mol. The summed E-state index contributed by atoms with van der Waals surface area (Å²) >= 11 is 6.85. The number of unbranched alkanes of at least 4 members (excludes halogenated alkanes) is 1. The number of benzene rings is 2. The minimum atomic E-state index is 0.105. The van der Waals surface area contributed by atoms with Gasteiger partial charge < -0.3 is 9.88 Å². The van der Waals surface area contributed by atoms with Crippen LogP contribution in [-0.4, -0.2) is 26.9 Å². The second-order valence-corrected chi connectivity index (χ2v) is 10.8. The number of hydrogen-bond donors (Lipinski definition) is 1. The minimum Gasteiger partial charge on any atom is -0.326 e. The number of imidazole rings is 1. The Labute approximate surface area is 220 Å². The molecule has 0 unspecified atom stereocenters. The summed E-state index contributed by atoms with van der Waals surface area (Å²) in [5, 5.41) is 3.60. The molecule has 1 aliphatic rings. The Morgan fingerprint density at radius 1 is 1.14 bits per heavy atom. The van der Waals surface area contributed by atoms with Crippen LogP contribution in [-0.2, 0) is 30.8 Å². The summed E-state index contributed by atoms with van der Waals surface area (Å²) in [5.74, 6) is 1.69. The fraction of sp³-hybridized carbons (Fsp3) is 0.467. The molecule has 4 rings (SSSR count). The number of carbonyl (C=O) groups is 1. The van der Waals surface area contributed by atoms with Gasteiger partial charge >= 0.3 is 0 Å². The molecule has 2 aromatic carbocycles. The third kappa shape index (κ3) is 6.37. The van der Waals surface area contributed by atoms with Crippen LogP contribution >= 0.6 is 11.6 Å². The van der Waals surface area contributed by atoms with E-state index < -0.39 is 0 Å². The lowest BCUT2D eigenvalue weighted by molar-refractivity contribution is -0.116. The van der Waals surface area contributed by atoms with Gasteiger partial charge in [-0.25, -0.2) is 4.98 Å². The molecule has 0 fully saturated rings. The first-order chi connectivity index (χ1) is 17.4. The van der Waals surface area contributed by atoms with E-state index in [2.05, 4.69) is 84.9 Å². The van der Waals surface area contributed by atoms with Crippen LogP contribution in [0.1, 0.15) is 68.8 Å². The van der Waals surface area contributed by atoms with E-state index in [1.165, 1.54) is 16.7 Å². The first-order valence-electron chi connectivity index (χ1n) is 13.3. The average Bonchev–Trinajstić information content (AvgIpc) is 3.16. The van der Waals surface area contributed by atoms with Crippen molar-refractivity contribution in [2.75, 3.05) is 11.9 Å². The molecule has 6 heteroatoms. The fourth-order valence-corrected chi connectivity index (χ4v) is 5.10. The molecule has 3 aromatic rings. The molecule has 1 N–H and O–H groups in total. The van der Waals surface area contributed by atoms with E-state index in [4.69, 9.17) is 16.6 Å². The first kappa shape index (κ1) is 26.4. The lowest BCUT2D eigenvalue weighted by Crippen LogP contribution is -2.27. The predicted molar refractivity (Wildman–Crippen MR) is 149 cm³/mol. The van der Waals surface area contributed by atoms with Gasteiger partial charge in [0.2, 0.25) is 5.91 Å². The van der Waals surface area contributed by atoms with Gasteiger partial charge in [-0.05, 0) is 61.4 Å². The van der Waals surface area contributed by atoms with E-state index in [0.717, 1.165) is 74.6 Å². The van der Waals surface area contributed by atoms with Gasteiger partial charge in [0.15, 0.2) is 5.15 Å². The molecule has 1 aromatic heterocycles. The van der Waals surface area contributed by atoms with E-state index in [-0.39, 0.29) is 5.91 Å². The second kappa shape index (κ2) is 12.1. The minimum absolute atomic E-state index is 0.105. The number of nitrogens with zero attached hydrogens (tertiary/aromatic N) is 3. The zero-order chi connectivity index (χ0) is 25.7. The van der Waals surface area contributed by atoms with Crippen molar-refractivity contribution < 1.29 is 4.79 Å². The Morgan fingerprint density at radius 3 is 2.69 bits per heavy atom. The molecule has 0 spiro atoms. The Morgan fingerprint density at radius 2 is 1.94 bits per heavy atom. The first-order valence-corrected chi connectivity index (χ1v) is 13.7. The highest BCUT2D eigenvalue weighted by Gasteiger charge is 2.21. The molecule has 0 bridgehead atoms. The van der Waals surface area contributed by atoms with Gasteiger partial charge in [-0.2, -0.15) is 0 Å². The number of anilines is 1. The van der Waals surface area contributed by atoms with Gasteiger partial charge in [0, 0.05) is 37.3 Å². The van der Waals surface area contributed by atoms with E-state index in [1.807, 2.05) is 0 Å². The maximum Gasteiger partial charge on any atom is 0.224 e. The van der Waals surface area contributed by atoms with Gasteiger partial charge in [-0.1, -0.05) is 75.2 Å². The Balaban J connectivity index is 1.64. The lowest BCUT2D eigenvalue weighted by atomic mass is 10.00. The van der Waals surface area contributed by atoms with Crippen LogP contribution in [0.2, 0.25) is 5.15 Å². The predicted octanol–water partition coefficient (Wildman–Crippen LogP) is 7.25. The van der Waals surface area contributed by atoms with E-state index in [9.17, 15) is 4.79 Å². The summed E-state index contributed by atoms with van der Waals surface area (Å²) in [6.07, 6.45) is 4.68. The highest BCUT2D eigenvalue weighted by molar-refractivity contribution is 6.30. The smallest absolute Gasteiger partial charge is 0.224 e. The van der Waals surface area contributed by atoms with Gasteiger partial charge in [0.05, 0.1) is 5.69 Å². The molecule has 0 saturated carbocycles. The van der Waals surface area contributed by atoms with Gasteiger partial charge in [0.25, 0.3) is 0 Å². The lowest BCUT2D eigenvalue weighted by Gasteiger charge is -2.25. The van der Waals surface area contributed by atoms with Crippen LogP contribution in [0.4, 0.5) is 5.69 Å². The molecule has 2 heterocycles. The van der Waals surface area contributed by atoms with E-state index in [0.29, 0.717) is 17.5 Å². The van der Waals surface area contributed by atoms with Crippen molar-refractivity contribution in [1.29, 1.82) is 0 Å². The van der Waals surface area contributed by atoms with Crippen LogP contribution in [0.3, 0.4) is 0 Å². The molecule has 192 valence electrons. The number of rotatable bonds is 11. The van der Waals surface area contributed by atoms with Crippen molar-refractivity contribution in [3.8, 4) is 11.4 Å². The summed E-state index contributed by atoms with van der Waals surface area (Å²) in [6, 6.07) is 14.9. The molecule has 1 aliphatic heterocycles. The summed E-state index contributed by atoms with van der Waals surface area (Å²) in [7, 11) is 0. The molecular formula is C30H39ClN4O. The van der Waals surface area contributed by atoms with Crippen LogP contribution in [0.5, 0.6) is 0 Å². The van der Waals surface area contributed by atoms with Gasteiger partial charge in [-0.15, -0.1) is 0 Å². The quantitative estimate of drug-likeness (QED) is 0.298. The van der Waals surface area contributed by atoms with Crippen molar-refractivity contribution in [3.05, 3.63) is 70.0 Å². The van der Waals surface area contributed by atoms with Crippen LogP contribution in [0, 0.1) is 12.8 Å². The van der Waals surface area contributed by atoms with Gasteiger partial charge in [-0.3, -0.25) is 9.69 Å². The number of fused-ring (bicyclic) bond motifs is 1. The number of halogens is 1. The van der Waals surface area contributed by atoms with Crippen LogP contribution in [0.25, 0.3) is 11.4 Å². The molecule has 36 heavy (non-hydrogen) atoms. The molecule has 0 saturated heterocycles. The third-order valence-electron chi connectivity index (χ3n) is 7.01. The maximum atomic E-state index is 11.8. The number of carbonyl (C=O) groups excluding carboxylic acids is 1. The second-order valence-electron chi connectivity index (χ2n) is 10.4. The molecular weight excluding hydrogens is 468 g/mol. The number of hydrogen-bond acceptors (Lipinski definition) is 3. The number of amides is 1. The molecule has 5 nitrogen and oxygen atoms in total. The molecule has 0 aliphatic carbocycles. The largest absolute Gasteiger partial charge is 0.326 e. The number of nitrogens with one attached hydrogen (secondary N) is 1. The monoisotopic (exact) mass is 506 g/mol. The van der Waals surface area contributed by atoms with Gasteiger partial charge in [0.1, 0.15) is 5.82 Å². The topological polar surface area (TPSA) is 50.2 Å². The fourth-order valence-electron chi connectivity index (χ4n) is 4.85. The SMILES string of the molecule is CCCCn1c(-c2ccccc2C)nc(Cl)c1CN(CCC(C)C)Cc1ccc2c(c1)CCC(=O)N2. The molecule has 0 atom stereocenters. The van der Waals surface area contributed by atoms with Crippen molar-refractivity contribution in [2.24, 2.45) is 5.92 Å². The van der Waals surface area contributed by atoms with Crippen LogP contribution < -0.4 is 5.32 Å². The highest BCUT2D eigenvalue weighted by Crippen LogP contribution is 2.30. The summed E-state index contributed by atoms with van der Waals surface area (Å²) in [5.41, 5.74) is 6.89. The Kier molecular flexibility index (Phi) is 8.86.